The summed E-state index contributed by atoms with van der Waals surface area (Å²) in [4.78, 5) is 0. The van der Waals surface area contributed by atoms with Crippen molar-refractivity contribution >= 4 is 53.9 Å². The summed E-state index contributed by atoms with van der Waals surface area (Å²) in [6.07, 6.45) is 0. The molecule has 1 aliphatic rings. The Morgan fingerprint density at radius 3 is 1.30 bits per heavy atom. The molecule has 56 heavy (non-hydrogen) atoms. The minimum absolute atomic E-state index is 1.21. The molecule has 0 nitrogen and oxygen atoms in total. The van der Waals surface area contributed by atoms with Gasteiger partial charge in [-0.1, -0.05) is 176 Å². The first-order valence-electron chi connectivity index (χ1n) is 19.5. The number of hydrogen-bond acceptors (Lipinski definition) is 0. The van der Waals surface area contributed by atoms with Gasteiger partial charge in [-0.3, -0.25) is 0 Å². The van der Waals surface area contributed by atoms with Crippen LogP contribution in [-0.2, 0) is 0 Å². The molecule has 0 bridgehead atoms. The average Bonchev–Trinajstić information content (AvgIpc) is 3.59. The third kappa shape index (κ3) is 4.73. The molecule has 0 N–H and O–H groups in total. The van der Waals surface area contributed by atoms with E-state index in [0.717, 1.165) is 0 Å². The SMILES string of the molecule is c1ccc2c(c1)-c1cccc3cc(-c4ccc(-c5ccc6c(-c7ccc8ccccc8c7)c7ccccc7c(-c7ccc8ccccc8c7)c6c5)cc4)cc-2c13. The quantitative estimate of drug-likeness (QED) is 0.160. The number of fused-ring (bicyclic) bond motifs is 7. The maximum absolute atomic E-state index is 2.43. The summed E-state index contributed by atoms with van der Waals surface area (Å²) < 4.78 is 0. The lowest BCUT2D eigenvalue weighted by Crippen LogP contribution is -1.92. The zero-order valence-electron chi connectivity index (χ0n) is 30.6. The average molecular weight is 707 g/mol. The van der Waals surface area contributed by atoms with Crippen LogP contribution in [0.2, 0.25) is 0 Å². The van der Waals surface area contributed by atoms with Crippen LogP contribution in [0.5, 0.6) is 0 Å². The van der Waals surface area contributed by atoms with E-state index in [2.05, 4.69) is 206 Å². The highest BCUT2D eigenvalue weighted by Crippen LogP contribution is 2.49. The third-order valence-corrected chi connectivity index (χ3v) is 12.1. The second-order valence-electron chi connectivity index (χ2n) is 15.2. The molecule has 0 heterocycles. The van der Waals surface area contributed by atoms with Crippen molar-refractivity contribution < 1.29 is 0 Å². The topological polar surface area (TPSA) is 0 Å². The molecule has 0 saturated heterocycles. The van der Waals surface area contributed by atoms with Crippen LogP contribution in [0.3, 0.4) is 0 Å². The van der Waals surface area contributed by atoms with Gasteiger partial charge in [0.1, 0.15) is 0 Å². The Kier molecular flexibility index (Phi) is 6.73. The molecule has 0 heteroatoms. The fourth-order valence-corrected chi connectivity index (χ4v) is 9.51. The van der Waals surface area contributed by atoms with Crippen molar-refractivity contribution in [2.45, 2.75) is 0 Å². The normalized spacial score (nSPS) is 11.9. The van der Waals surface area contributed by atoms with E-state index >= 15 is 0 Å². The van der Waals surface area contributed by atoms with Crippen molar-refractivity contribution in [2.24, 2.45) is 0 Å². The highest BCUT2D eigenvalue weighted by Gasteiger charge is 2.22. The van der Waals surface area contributed by atoms with E-state index in [1.165, 1.54) is 121 Å². The van der Waals surface area contributed by atoms with Crippen LogP contribution in [0.1, 0.15) is 0 Å². The van der Waals surface area contributed by atoms with Gasteiger partial charge in [0.2, 0.25) is 0 Å². The molecule has 0 saturated carbocycles. The summed E-state index contributed by atoms with van der Waals surface area (Å²) in [6.45, 7) is 0. The molecule has 0 spiro atoms. The number of hydrogen-bond donors (Lipinski definition) is 0. The van der Waals surface area contributed by atoms with Crippen molar-refractivity contribution in [3.05, 3.63) is 206 Å². The summed E-state index contributed by atoms with van der Waals surface area (Å²) in [5.41, 5.74) is 15.2. The minimum Gasteiger partial charge on any atom is -0.0616 e. The maximum atomic E-state index is 2.43. The largest absolute Gasteiger partial charge is 0.0616 e. The van der Waals surface area contributed by atoms with Gasteiger partial charge in [0.05, 0.1) is 0 Å². The van der Waals surface area contributed by atoms with E-state index < -0.39 is 0 Å². The van der Waals surface area contributed by atoms with Crippen molar-refractivity contribution in [1.29, 1.82) is 0 Å². The van der Waals surface area contributed by atoms with Gasteiger partial charge >= 0.3 is 0 Å². The first-order valence-corrected chi connectivity index (χ1v) is 19.5. The zero-order chi connectivity index (χ0) is 36.7. The minimum atomic E-state index is 1.21. The van der Waals surface area contributed by atoms with Gasteiger partial charge in [-0.2, -0.15) is 0 Å². The van der Waals surface area contributed by atoms with Gasteiger partial charge < -0.3 is 0 Å². The maximum Gasteiger partial charge on any atom is -0.00259 e. The molecule has 0 fully saturated rings. The fraction of sp³-hybridized carbons (Fsp3) is 0. The summed E-state index contributed by atoms with van der Waals surface area (Å²) >= 11 is 0. The van der Waals surface area contributed by atoms with Crippen LogP contribution >= 0.6 is 0 Å². The lowest BCUT2D eigenvalue weighted by molar-refractivity contribution is 1.61. The molecule has 0 amide bonds. The molecular formula is C56H34. The predicted molar refractivity (Wildman–Crippen MR) is 240 cm³/mol. The number of benzene rings is 11. The van der Waals surface area contributed by atoms with Gasteiger partial charge in [0.15, 0.2) is 0 Å². The van der Waals surface area contributed by atoms with Crippen molar-refractivity contribution in [3.8, 4) is 66.8 Å². The molecule has 12 rings (SSSR count). The van der Waals surface area contributed by atoms with Crippen LogP contribution in [0, 0.1) is 0 Å². The van der Waals surface area contributed by atoms with E-state index in [4.69, 9.17) is 0 Å². The first kappa shape index (κ1) is 31.1. The van der Waals surface area contributed by atoms with Crippen molar-refractivity contribution in [1.82, 2.24) is 0 Å². The van der Waals surface area contributed by atoms with Crippen LogP contribution in [0.4, 0.5) is 0 Å². The summed E-state index contributed by atoms with van der Waals surface area (Å²) in [7, 11) is 0. The second-order valence-corrected chi connectivity index (χ2v) is 15.2. The molecule has 0 aromatic heterocycles. The highest BCUT2D eigenvalue weighted by atomic mass is 14.3. The van der Waals surface area contributed by atoms with E-state index in [9.17, 15) is 0 Å². The van der Waals surface area contributed by atoms with Crippen molar-refractivity contribution in [2.75, 3.05) is 0 Å². The lowest BCUT2D eigenvalue weighted by atomic mass is 9.84. The fourth-order valence-electron chi connectivity index (χ4n) is 9.51. The Morgan fingerprint density at radius 1 is 0.196 bits per heavy atom. The molecule has 0 atom stereocenters. The predicted octanol–water partition coefficient (Wildman–Crippen LogP) is 15.8. The Balaban J connectivity index is 1.05. The van der Waals surface area contributed by atoms with E-state index in [1.54, 1.807) is 0 Å². The van der Waals surface area contributed by atoms with Gasteiger partial charge in [-0.15, -0.1) is 0 Å². The number of rotatable bonds is 4. The second kappa shape index (κ2) is 12.1. The van der Waals surface area contributed by atoms with Crippen LogP contribution in [0.25, 0.3) is 121 Å². The summed E-state index contributed by atoms with van der Waals surface area (Å²) in [5.74, 6) is 0. The standard InChI is InChI=1S/C56H34/c1-3-12-39-30-43(26-24-35(39)10-1)54-49-17-7-8-18-50(49)56(44-27-25-36-11-2-4-13-40(36)31-44)53-33-41(28-29-51(53)54)37-20-22-38(23-21-37)45-32-42-14-9-19-48-46-15-5-6-16-47(46)52(34-45)55(42)48/h1-34H. The van der Waals surface area contributed by atoms with Crippen molar-refractivity contribution in [3.63, 3.8) is 0 Å². The smallest absolute Gasteiger partial charge is 0.00259 e. The van der Waals surface area contributed by atoms with Crippen LogP contribution < -0.4 is 0 Å². The van der Waals surface area contributed by atoms with E-state index in [0.29, 0.717) is 0 Å². The van der Waals surface area contributed by atoms with Gasteiger partial charge in [0, 0.05) is 0 Å². The highest BCUT2D eigenvalue weighted by molar-refractivity contribution is 6.23. The monoisotopic (exact) mass is 706 g/mol. The Morgan fingerprint density at radius 2 is 0.643 bits per heavy atom. The Hall–Kier alpha value is -7.28. The van der Waals surface area contributed by atoms with Crippen LogP contribution in [-0.4, -0.2) is 0 Å². The van der Waals surface area contributed by atoms with Gasteiger partial charge in [-0.25, -0.2) is 0 Å². The zero-order valence-corrected chi connectivity index (χ0v) is 30.6. The molecule has 11 aromatic rings. The first-order chi connectivity index (χ1) is 27.7. The Bertz CT molecular complexity index is 3400. The molecule has 258 valence electrons. The molecule has 1 aliphatic carbocycles. The van der Waals surface area contributed by atoms with E-state index in [1.807, 2.05) is 0 Å². The molecule has 0 unspecified atom stereocenters. The van der Waals surface area contributed by atoms with Gasteiger partial charge in [0.25, 0.3) is 0 Å². The van der Waals surface area contributed by atoms with E-state index in [-0.39, 0.29) is 0 Å². The molecule has 0 aliphatic heterocycles. The van der Waals surface area contributed by atoms with Crippen LogP contribution in [0.15, 0.2) is 206 Å². The Labute approximate surface area is 325 Å². The molecule has 11 aromatic carbocycles. The summed E-state index contributed by atoms with van der Waals surface area (Å²) in [5, 5.41) is 12.7. The third-order valence-electron chi connectivity index (χ3n) is 12.1. The van der Waals surface area contributed by atoms with Gasteiger partial charge in [-0.05, 0) is 151 Å². The summed E-state index contributed by atoms with van der Waals surface area (Å²) in [6, 6.07) is 76.7. The molecule has 0 radical (unpaired) electrons. The lowest BCUT2D eigenvalue weighted by Gasteiger charge is -2.19. The molecular weight excluding hydrogens is 673 g/mol.